The minimum Gasteiger partial charge on any atom is -0.486 e. The zero-order valence-electron chi connectivity index (χ0n) is 18.6. The molecule has 0 aromatic heterocycles. The summed E-state index contributed by atoms with van der Waals surface area (Å²) in [5.74, 6) is 0.803. The van der Waals surface area contributed by atoms with Gasteiger partial charge in [-0.25, -0.2) is 4.31 Å². The van der Waals surface area contributed by atoms with Crippen LogP contribution >= 0.6 is 12.1 Å². The van der Waals surface area contributed by atoms with E-state index in [0.717, 1.165) is 28.1 Å². The van der Waals surface area contributed by atoms with Crippen molar-refractivity contribution in [1.29, 1.82) is 0 Å². The molecule has 166 valence electrons. The molecular weight excluding hydrogens is 410 g/mol. The van der Waals surface area contributed by atoms with Crippen molar-refractivity contribution >= 4 is 23.7 Å². The van der Waals surface area contributed by atoms with E-state index >= 15 is 0 Å². The largest absolute Gasteiger partial charge is 0.486 e. The summed E-state index contributed by atoms with van der Waals surface area (Å²) in [6, 6.07) is 14.6. The van der Waals surface area contributed by atoms with Crippen molar-refractivity contribution in [2.24, 2.45) is 0 Å². The number of nitrogens with one attached hydrogen (secondary N) is 1. The van der Waals surface area contributed by atoms with Gasteiger partial charge < -0.3 is 19.1 Å². The van der Waals surface area contributed by atoms with Crippen LogP contribution in [-0.4, -0.2) is 60.6 Å². The SMILES string of the molecule is COC1CN(C(=O)c2cc(C)ccc2C)CC1Oc1cccc(NSN(C)C2CC2)c1. The van der Waals surface area contributed by atoms with E-state index in [4.69, 9.17) is 9.47 Å². The van der Waals surface area contributed by atoms with Gasteiger partial charge >= 0.3 is 0 Å². The van der Waals surface area contributed by atoms with Crippen molar-refractivity contribution in [1.82, 2.24) is 9.21 Å². The number of hydrogen-bond acceptors (Lipinski definition) is 6. The summed E-state index contributed by atoms with van der Waals surface area (Å²) in [6.45, 7) is 5.00. The van der Waals surface area contributed by atoms with E-state index in [1.54, 1.807) is 19.2 Å². The van der Waals surface area contributed by atoms with Gasteiger partial charge in [0, 0.05) is 42.6 Å². The summed E-state index contributed by atoms with van der Waals surface area (Å²) >= 11 is 1.61. The first-order chi connectivity index (χ1) is 14.9. The molecule has 6 nitrogen and oxygen atoms in total. The number of aryl methyl sites for hydroxylation is 2. The van der Waals surface area contributed by atoms with E-state index in [2.05, 4.69) is 16.1 Å². The number of carbonyl (C=O) groups is 1. The van der Waals surface area contributed by atoms with Crippen LogP contribution in [0.2, 0.25) is 0 Å². The zero-order chi connectivity index (χ0) is 22.0. The Bertz CT molecular complexity index is 934. The van der Waals surface area contributed by atoms with Crippen molar-refractivity contribution in [2.75, 3.05) is 32.0 Å². The molecule has 2 fully saturated rings. The molecular formula is C24H31N3O3S. The predicted molar refractivity (Wildman–Crippen MR) is 125 cm³/mol. The summed E-state index contributed by atoms with van der Waals surface area (Å²) in [4.78, 5) is 15.0. The molecule has 1 N–H and O–H groups in total. The third kappa shape index (κ3) is 5.34. The van der Waals surface area contributed by atoms with E-state index in [1.807, 2.05) is 61.2 Å². The van der Waals surface area contributed by atoms with Crippen molar-refractivity contribution in [3.05, 3.63) is 59.2 Å². The quantitative estimate of drug-likeness (QED) is 0.617. The summed E-state index contributed by atoms with van der Waals surface area (Å²) in [5.41, 5.74) is 3.81. The molecule has 1 saturated carbocycles. The normalized spacial score (nSPS) is 20.9. The van der Waals surface area contributed by atoms with Gasteiger partial charge in [0.05, 0.1) is 13.1 Å². The average molecular weight is 442 g/mol. The van der Waals surface area contributed by atoms with Crippen LogP contribution in [0.25, 0.3) is 0 Å². The molecule has 1 aliphatic heterocycles. The lowest BCUT2D eigenvalue weighted by Crippen LogP contribution is -2.32. The van der Waals surface area contributed by atoms with Gasteiger partial charge in [0.25, 0.3) is 5.91 Å². The lowest BCUT2D eigenvalue weighted by Gasteiger charge is -2.20. The summed E-state index contributed by atoms with van der Waals surface area (Å²) < 4.78 is 17.6. The van der Waals surface area contributed by atoms with Crippen molar-refractivity contribution in [2.45, 2.75) is 44.9 Å². The fourth-order valence-corrected chi connectivity index (χ4v) is 4.57. The van der Waals surface area contributed by atoms with Gasteiger partial charge in [0.2, 0.25) is 0 Å². The number of nitrogens with zero attached hydrogens (tertiary/aromatic N) is 2. The number of rotatable bonds is 8. The third-order valence-corrected chi connectivity index (χ3v) is 6.83. The van der Waals surface area contributed by atoms with Crippen molar-refractivity contribution < 1.29 is 14.3 Å². The van der Waals surface area contributed by atoms with E-state index in [0.29, 0.717) is 19.1 Å². The van der Waals surface area contributed by atoms with Gasteiger partial charge in [0.15, 0.2) is 0 Å². The monoisotopic (exact) mass is 441 g/mol. The van der Waals surface area contributed by atoms with Crippen LogP contribution in [-0.2, 0) is 4.74 Å². The van der Waals surface area contributed by atoms with Gasteiger partial charge in [-0.2, -0.15) is 0 Å². The average Bonchev–Trinajstić information content (AvgIpc) is 3.54. The molecule has 2 aromatic rings. The first kappa shape index (κ1) is 22.0. The number of amides is 1. The minimum atomic E-state index is -0.212. The Kier molecular flexibility index (Phi) is 6.74. The van der Waals surface area contributed by atoms with Crippen LogP contribution in [0.15, 0.2) is 42.5 Å². The molecule has 1 aliphatic carbocycles. The molecule has 2 aliphatic rings. The molecule has 0 spiro atoms. The van der Waals surface area contributed by atoms with Crippen molar-refractivity contribution in [3.8, 4) is 5.75 Å². The van der Waals surface area contributed by atoms with E-state index < -0.39 is 0 Å². The second-order valence-corrected chi connectivity index (χ2v) is 9.42. The Morgan fingerprint density at radius 3 is 2.65 bits per heavy atom. The highest BCUT2D eigenvalue weighted by Gasteiger charge is 2.37. The summed E-state index contributed by atoms with van der Waals surface area (Å²) in [5, 5.41) is 0. The number of methoxy groups -OCH3 is 1. The number of hydrogen-bond donors (Lipinski definition) is 1. The Hall–Kier alpha value is -2.22. The van der Waals surface area contributed by atoms with Gasteiger partial charge in [-0.3, -0.25) is 4.79 Å². The number of benzene rings is 2. The van der Waals surface area contributed by atoms with E-state index in [-0.39, 0.29) is 18.1 Å². The first-order valence-corrected chi connectivity index (χ1v) is 11.5. The zero-order valence-corrected chi connectivity index (χ0v) is 19.4. The van der Waals surface area contributed by atoms with Gasteiger partial charge in [-0.15, -0.1) is 0 Å². The highest BCUT2D eigenvalue weighted by atomic mass is 32.2. The Morgan fingerprint density at radius 1 is 1.13 bits per heavy atom. The molecule has 0 bridgehead atoms. The maximum atomic E-state index is 13.1. The van der Waals surface area contributed by atoms with E-state index in [1.165, 1.54) is 12.8 Å². The smallest absolute Gasteiger partial charge is 0.254 e. The van der Waals surface area contributed by atoms with Gasteiger partial charge in [-0.1, -0.05) is 23.8 Å². The second-order valence-electron chi connectivity index (χ2n) is 8.46. The summed E-state index contributed by atoms with van der Waals surface area (Å²) in [6.07, 6.45) is 2.16. The predicted octanol–water partition coefficient (Wildman–Crippen LogP) is 4.29. The lowest BCUT2D eigenvalue weighted by atomic mass is 10.0. The molecule has 1 heterocycles. The number of anilines is 1. The molecule has 0 radical (unpaired) electrons. The number of carbonyl (C=O) groups excluding carboxylic acids is 1. The Labute approximate surface area is 189 Å². The molecule has 4 rings (SSSR count). The molecule has 2 unspecified atom stereocenters. The number of ether oxygens (including phenoxy) is 2. The summed E-state index contributed by atoms with van der Waals surface area (Å²) in [7, 11) is 3.79. The third-order valence-electron chi connectivity index (χ3n) is 5.92. The standard InChI is InChI=1S/C24H31N3O3S/c1-16-8-9-17(2)21(12-16)24(28)27-14-22(29-4)23(15-27)30-20-7-5-6-18(13-20)25-31-26(3)19-10-11-19/h5-9,12-13,19,22-23,25H,10-11,14-15H2,1-4H3. The molecule has 7 heteroatoms. The minimum absolute atomic E-state index is 0.0317. The molecule has 1 saturated heterocycles. The fourth-order valence-electron chi connectivity index (χ4n) is 3.83. The second kappa shape index (κ2) is 9.51. The van der Waals surface area contributed by atoms with Crippen LogP contribution in [0.5, 0.6) is 5.75 Å². The highest BCUT2D eigenvalue weighted by Crippen LogP contribution is 2.31. The Balaban J connectivity index is 1.40. The molecule has 31 heavy (non-hydrogen) atoms. The maximum Gasteiger partial charge on any atom is 0.254 e. The molecule has 2 atom stereocenters. The lowest BCUT2D eigenvalue weighted by molar-refractivity contribution is 0.0340. The van der Waals surface area contributed by atoms with Crippen LogP contribution in [0, 0.1) is 13.8 Å². The van der Waals surface area contributed by atoms with Crippen LogP contribution in [0.3, 0.4) is 0 Å². The Morgan fingerprint density at radius 2 is 1.90 bits per heavy atom. The van der Waals surface area contributed by atoms with Crippen molar-refractivity contribution in [3.63, 3.8) is 0 Å². The van der Waals surface area contributed by atoms with Crippen LogP contribution in [0.4, 0.5) is 5.69 Å². The number of likely N-dealkylation sites (tertiary alicyclic amines) is 1. The van der Waals surface area contributed by atoms with Crippen LogP contribution in [0.1, 0.15) is 34.3 Å². The molecule has 1 amide bonds. The maximum absolute atomic E-state index is 13.1. The van der Waals surface area contributed by atoms with Gasteiger partial charge in [-0.05, 0) is 57.5 Å². The van der Waals surface area contributed by atoms with E-state index in [9.17, 15) is 4.79 Å². The van der Waals surface area contributed by atoms with Gasteiger partial charge in [0.1, 0.15) is 18.0 Å². The fraction of sp³-hybridized carbons (Fsp3) is 0.458. The molecule has 2 aromatic carbocycles. The van der Waals surface area contributed by atoms with Crippen LogP contribution < -0.4 is 9.46 Å². The topological polar surface area (TPSA) is 54.0 Å². The highest BCUT2D eigenvalue weighted by molar-refractivity contribution is 7.98. The first-order valence-electron chi connectivity index (χ1n) is 10.8.